The predicted molar refractivity (Wildman–Crippen MR) is 121 cm³/mol. The lowest BCUT2D eigenvalue weighted by Gasteiger charge is -2.22. The third-order valence-electron chi connectivity index (χ3n) is 4.89. The molecule has 0 fully saturated rings. The molecule has 1 aliphatic heterocycles. The van der Waals surface area contributed by atoms with E-state index in [1.54, 1.807) is 39.8 Å². The van der Waals surface area contributed by atoms with E-state index < -0.39 is 17.7 Å². The lowest BCUT2D eigenvalue weighted by Crippen LogP contribution is -2.45. The lowest BCUT2D eigenvalue weighted by molar-refractivity contribution is -0.118. The number of aromatic nitrogens is 1. The highest BCUT2D eigenvalue weighted by molar-refractivity contribution is 5.96. The molecule has 1 aromatic carbocycles. The second kappa shape index (κ2) is 9.06. The second-order valence-electron chi connectivity index (χ2n) is 9.39. The Hall–Kier alpha value is -3.29. The Morgan fingerprint density at radius 2 is 1.97 bits per heavy atom. The predicted octanol–water partition coefficient (Wildman–Crippen LogP) is 4.79. The molecule has 2 amide bonds. The first kappa shape index (κ1) is 23.4. The number of fused-ring (bicyclic) bond motifs is 1. The summed E-state index contributed by atoms with van der Waals surface area (Å²) in [4.78, 5) is 28.8. The minimum Gasteiger partial charge on any atom is -0.492 e. The van der Waals surface area contributed by atoms with Gasteiger partial charge in [-0.2, -0.15) is 0 Å². The molecule has 1 aliphatic rings. The quantitative estimate of drug-likeness (QED) is 0.669. The van der Waals surface area contributed by atoms with Crippen LogP contribution in [-0.4, -0.2) is 35.2 Å². The molecule has 8 heteroatoms. The fraction of sp³-hybridized carbons (Fsp3) is 0.458. The Bertz CT molecular complexity index is 980. The molecule has 3 rings (SSSR count). The van der Waals surface area contributed by atoms with Gasteiger partial charge < -0.3 is 24.8 Å². The van der Waals surface area contributed by atoms with Crippen molar-refractivity contribution in [2.24, 2.45) is 0 Å². The summed E-state index contributed by atoms with van der Waals surface area (Å²) in [5.41, 5.74) is 0.710. The largest absolute Gasteiger partial charge is 0.492 e. The normalized spacial score (nSPS) is 15.2. The number of pyridine rings is 1. The monoisotopic (exact) mass is 441 g/mol. The number of rotatable bonds is 6. The molecule has 0 aliphatic carbocycles. The van der Waals surface area contributed by atoms with Crippen LogP contribution in [0.3, 0.4) is 0 Å². The third-order valence-corrected chi connectivity index (χ3v) is 4.89. The molecular formula is C24H31N3O5. The summed E-state index contributed by atoms with van der Waals surface area (Å²) in [5, 5.41) is 5.35. The number of carbonyl (C=O) groups is 2. The highest BCUT2D eigenvalue weighted by Gasteiger charge is 2.35. The van der Waals surface area contributed by atoms with E-state index >= 15 is 0 Å². The smallest absolute Gasteiger partial charge is 0.408 e. The standard InChI is InChI=1S/C24H31N3O5/c1-7-16(27-22(29)32-23(2,3)4)21(28)26-15-11-12-19(25-13-15)31-18-10-8-9-17-20(18)24(5,6)14-30-17/h8-13,16H,7,14H2,1-6H3,(H,26,28)(H,27,29)/t16-/m1/s1. The summed E-state index contributed by atoms with van der Waals surface area (Å²) >= 11 is 0. The molecular weight excluding hydrogens is 410 g/mol. The van der Waals surface area contributed by atoms with Gasteiger partial charge in [-0.15, -0.1) is 0 Å². The summed E-state index contributed by atoms with van der Waals surface area (Å²) in [6.07, 6.45) is 1.29. The van der Waals surface area contributed by atoms with E-state index in [1.807, 2.05) is 18.2 Å². The summed E-state index contributed by atoms with van der Waals surface area (Å²) in [6.45, 7) is 11.9. The van der Waals surface area contributed by atoms with Gasteiger partial charge in [0.2, 0.25) is 11.8 Å². The van der Waals surface area contributed by atoms with Crippen molar-refractivity contribution in [2.75, 3.05) is 11.9 Å². The van der Waals surface area contributed by atoms with Crippen molar-refractivity contribution < 1.29 is 23.8 Å². The van der Waals surface area contributed by atoms with Gasteiger partial charge in [-0.3, -0.25) is 4.79 Å². The number of hydrogen-bond donors (Lipinski definition) is 2. The van der Waals surface area contributed by atoms with Crippen molar-refractivity contribution in [2.45, 2.75) is 65.0 Å². The molecule has 2 heterocycles. The first-order valence-corrected chi connectivity index (χ1v) is 10.7. The molecule has 0 spiro atoms. The van der Waals surface area contributed by atoms with Crippen LogP contribution in [0.5, 0.6) is 17.4 Å². The second-order valence-corrected chi connectivity index (χ2v) is 9.39. The number of benzene rings is 1. The van der Waals surface area contributed by atoms with E-state index in [4.69, 9.17) is 14.2 Å². The van der Waals surface area contributed by atoms with Crippen LogP contribution < -0.4 is 20.1 Å². The van der Waals surface area contributed by atoms with Crippen LogP contribution in [0.2, 0.25) is 0 Å². The van der Waals surface area contributed by atoms with E-state index in [1.165, 1.54) is 6.20 Å². The van der Waals surface area contributed by atoms with Gasteiger partial charge in [0, 0.05) is 17.0 Å². The Balaban J connectivity index is 1.63. The topological polar surface area (TPSA) is 98.8 Å². The highest BCUT2D eigenvalue weighted by atomic mass is 16.6. The van der Waals surface area contributed by atoms with Gasteiger partial charge in [-0.05, 0) is 45.4 Å². The zero-order chi connectivity index (χ0) is 23.5. The minimum atomic E-state index is -0.727. The maximum Gasteiger partial charge on any atom is 0.408 e. The van der Waals surface area contributed by atoms with Crippen LogP contribution in [-0.2, 0) is 14.9 Å². The van der Waals surface area contributed by atoms with E-state index in [9.17, 15) is 9.59 Å². The lowest BCUT2D eigenvalue weighted by atomic mass is 9.86. The van der Waals surface area contributed by atoms with E-state index in [-0.39, 0.29) is 11.3 Å². The molecule has 0 radical (unpaired) electrons. The zero-order valence-electron chi connectivity index (χ0n) is 19.4. The van der Waals surface area contributed by atoms with Gasteiger partial charge in [-0.1, -0.05) is 26.8 Å². The average molecular weight is 442 g/mol. The molecule has 1 atom stereocenters. The van der Waals surface area contributed by atoms with Crippen molar-refractivity contribution in [1.29, 1.82) is 0 Å². The molecule has 2 aromatic rings. The molecule has 0 bridgehead atoms. The van der Waals surface area contributed by atoms with Crippen molar-refractivity contribution in [3.63, 3.8) is 0 Å². The molecule has 172 valence electrons. The number of amides is 2. The number of nitrogens with zero attached hydrogens (tertiary/aromatic N) is 1. The highest BCUT2D eigenvalue weighted by Crippen LogP contribution is 2.45. The van der Waals surface area contributed by atoms with E-state index in [2.05, 4.69) is 29.5 Å². The van der Waals surface area contributed by atoms with Crippen molar-refractivity contribution >= 4 is 17.7 Å². The number of hydrogen-bond acceptors (Lipinski definition) is 6. The summed E-state index contributed by atoms with van der Waals surface area (Å²) in [6, 6.07) is 8.35. The molecule has 8 nitrogen and oxygen atoms in total. The summed E-state index contributed by atoms with van der Waals surface area (Å²) in [7, 11) is 0. The molecule has 1 aromatic heterocycles. The Kier molecular flexibility index (Phi) is 6.62. The Labute approximate surface area is 188 Å². The third kappa shape index (κ3) is 5.69. The first-order chi connectivity index (χ1) is 15.0. The van der Waals surface area contributed by atoms with Gasteiger partial charge in [0.25, 0.3) is 0 Å². The van der Waals surface area contributed by atoms with Crippen LogP contribution >= 0.6 is 0 Å². The Morgan fingerprint density at radius 3 is 2.59 bits per heavy atom. The van der Waals surface area contributed by atoms with Crippen LogP contribution in [0.15, 0.2) is 36.5 Å². The first-order valence-electron chi connectivity index (χ1n) is 10.7. The average Bonchev–Trinajstić information content (AvgIpc) is 3.02. The maximum atomic E-state index is 12.6. The van der Waals surface area contributed by atoms with Crippen molar-refractivity contribution in [3.05, 3.63) is 42.1 Å². The van der Waals surface area contributed by atoms with Crippen molar-refractivity contribution in [3.8, 4) is 17.4 Å². The van der Waals surface area contributed by atoms with E-state index in [0.717, 1.165) is 11.3 Å². The van der Waals surface area contributed by atoms with Gasteiger partial charge in [0.15, 0.2) is 0 Å². The molecule has 0 saturated heterocycles. The summed E-state index contributed by atoms with van der Waals surface area (Å²) in [5.74, 6) is 1.56. The van der Waals surface area contributed by atoms with Crippen LogP contribution in [0.1, 0.15) is 53.5 Å². The SMILES string of the molecule is CC[C@@H](NC(=O)OC(C)(C)C)C(=O)Nc1ccc(Oc2cccc3c2C(C)(C)CO3)nc1. The van der Waals surface area contributed by atoms with Gasteiger partial charge >= 0.3 is 6.09 Å². The Morgan fingerprint density at radius 1 is 1.22 bits per heavy atom. The summed E-state index contributed by atoms with van der Waals surface area (Å²) < 4.78 is 17.0. The number of nitrogens with one attached hydrogen (secondary N) is 2. The number of carbonyl (C=O) groups excluding carboxylic acids is 2. The van der Waals surface area contributed by atoms with Gasteiger partial charge in [0.1, 0.15) is 23.1 Å². The van der Waals surface area contributed by atoms with Crippen LogP contribution in [0, 0.1) is 0 Å². The van der Waals surface area contributed by atoms with Crippen molar-refractivity contribution in [1.82, 2.24) is 10.3 Å². The van der Waals surface area contributed by atoms with Crippen LogP contribution in [0.25, 0.3) is 0 Å². The number of ether oxygens (including phenoxy) is 3. The van der Waals surface area contributed by atoms with E-state index in [0.29, 0.717) is 30.3 Å². The maximum absolute atomic E-state index is 12.6. The number of alkyl carbamates (subject to hydrolysis) is 1. The van der Waals surface area contributed by atoms with Gasteiger partial charge in [-0.25, -0.2) is 9.78 Å². The fourth-order valence-electron chi connectivity index (χ4n) is 3.37. The van der Waals surface area contributed by atoms with Crippen LogP contribution in [0.4, 0.5) is 10.5 Å². The number of anilines is 1. The molecule has 0 saturated carbocycles. The zero-order valence-corrected chi connectivity index (χ0v) is 19.4. The minimum absolute atomic E-state index is 0.157. The molecule has 0 unspecified atom stereocenters. The fourth-order valence-corrected chi connectivity index (χ4v) is 3.37. The molecule has 32 heavy (non-hydrogen) atoms. The van der Waals surface area contributed by atoms with Gasteiger partial charge in [0.05, 0.1) is 18.5 Å². The molecule has 2 N–H and O–H groups in total.